The number of halogens is 3. The van der Waals surface area contributed by atoms with E-state index in [-0.39, 0.29) is 12.2 Å². The molecule has 0 saturated carbocycles. The molecule has 1 saturated heterocycles. The average Bonchev–Trinajstić information content (AvgIpc) is 2.40. The van der Waals surface area contributed by atoms with Crippen LogP contribution in [0, 0.1) is 12.7 Å². The average molecular weight is 272 g/mol. The van der Waals surface area contributed by atoms with Crippen LogP contribution in [0.5, 0.6) is 0 Å². The Labute approximate surface area is 111 Å². The molecule has 0 unspecified atom stereocenters. The zero-order valence-corrected chi connectivity index (χ0v) is 11.0. The number of nitrogens with zero attached hydrogens (tertiary/aromatic N) is 1. The summed E-state index contributed by atoms with van der Waals surface area (Å²) in [6, 6.07) is 4.32. The third-order valence-corrected chi connectivity index (χ3v) is 3.66. The predicted octanol–water partition coefficient (Wildman–Crippen LogP) is 2.74. The quantitative estimate of drug-likeness (QED) is 0.906. The lowest BCUT2D eigenvalue weighted by Crippen LogP contribution is -2.45. The predicted molar refractivity (Wildman–Crippen MR) is 68.9 cm³/mol. The van der Waals surface area contributed by atoms with Crippen LogP contribution in [0.3, 0.4) is 0 Å². The second kappa shape index (κ2) is 6.39. The van der Waals surface area contributed by atoms with Gasteiger partial charge in [0.25, 0.3) is 0 Å². The van der Waals surface area contributed by atoms with E-state index in [1.54, 1.807) is 19.1 Å². The molecule has 19 heavy (non-hydrogen) atoms. The maximum Gasteiger partial charge on any atom is 0.240 e. The molecule has 0 spiro atoms. The Hall–Kier alpha value is -1.07. The summed E-state index contributed by atoms with van der Waals surface area (Å²) in [5, 5.41) is 3.20. The molecule has 0 aromatic heterocycles. The summed E-state index contributed by atoms with van der Waals surface area (Å²) in [5.74, 6) is -0.327. The molecular weight excluding hydrogens is 253 g/mol. The van der Waals surface area contributed by atoms with Gasteiger partial charge in [0.1, 0.15) is 5.82 Å². The summed E-state index contributed by atoms with van der Waals surface area (Å²) in [6.07, 6.45) is -2.63. The van der Waals surface area contributed by atoms with Crippen molar-refractivity contribution >= 4 is 0 Å². The first-order chi connectivity index (χ1) is 9.09. The summed E-state index contributed by atoms with van der Waals surface area (Å²) >= 11 is 0. The van der Waals surface area contributed by atoms with Gasteiger partial charge in [-0.2, -0.15) is 0 Å². The number of piperazine rings is 1. The lowest BCUT2D eigenvalue weighted by Gasteiger charge is -2.35. The van der Waals surface area contributed by atoms with Crippen molar-refractivity contribution in [3.05, 3.63) is 35.1 Å². The van der Waals surface area contributed by atoms with E-state index in [1.165, 1.54) is 6.07 Å². The van der Waals surface area contributed by atoms with Crippen LogP contribution in [0.25, 0.3) is 0 Å². The standard InChI is InChI=1S/C14H19F3N2/c1-10-11(3-2-4-12(10)15)13(9-14(16)17)19-7-5-18-6-8-19/h2-4,13-14,18H,5-9H2,1H3/t13-/m0/s1. The van der Waals surface area contributed by atoms with Crippen LogP contribution in [0.1, 0.15) is 23.6 Å². The molecule has 2 nitrogen and oxygen atoms in total. The lowest BCUT2D eigenvalue weighted by atomic mass is 9.96. The smallest absolute Gasteiger partial charge is 0.240 e. The highest BCUT2D eigenvalue weighted by Gasteiger charge is 2.27. The van der Waals surface area contributed by atoms with Crippen molar-refractivity contribution in [3.8, 4) is 0 Å². The Morgan fingerprint density at radius 2 is 1.95 bits per heavy atom. The summed E-state index contributed by atoms with van der Waals surface area (Å²) in [7, 11) is 0. The fraction of sp³-hybridized carbons (Fsp3) is 0.571. The van der Waals surface area contributed by atoms with Crippen molar-refractivity contribution in [1.29, 1.82) is 0 Å². The van der Waals surface area contributed by atoms with Crippen LogP contribution in [-0.2, 0) is 0 Å². The molecule has 1 aliphatic heterocycles. The molecule has 0 amide bonds. The fourth-order valence-corrected chi connectivity index (χ4v) is 2.62. The summed E-state index contributed by atoms with van der Waals surface area (Å²) < 4.78 is 39.3. The molecule has 2 rings (SSSR count). The normalized spacial score (nSPS) is 18.8. The number of benzene rings is 1. The van der Waals surface area contributed by atoms with E-state index in [9.17, 15) is 13.2 Å². The van der Waals surface area contributed by atoms with E-state index in [2.05, 4.69) is 5.32 Å². The largest absolute Gasteiger partial charge is 0.314 e. The van der Waals surface area contributed by atoms with Gasteiger partial charge in [-0.3, -0.25) is 4.90 Å². The highest BCUT2D eigenvalue weighted by molar-refractivity contribution is 5.30. The minimum absolute atomic E-state index is 0.246. The minimum atomic E-state index is -2.39. The summed E-state index contributed by atoms with van der Waals surface area (Å²) in [5.41, 5.74) is 1.16. The van der Waals surface area contributed by atoms with E-state index in [0.29, 0.717) is 24.2 Å². The maximum absolute atomic E-state index is 13.6. The first kappa shape index (κ1) is 14.3. The molecule has 5 heteroatoms. The zero-order chi connectivity index (χ0) is 13.8. The van der Waals surface area contributed by atoms with Gasteiger partial charge in [0.15, 0.2) is 0 Å². The van der Waals surface area contributed by atoms with Gasteiger partial charge in [-0.05, 0) is 24.1 Å². The lowest BCUT2D eigenvalue weighted by molar-refractivity contribution is 0.0735. The molecule has 1 aromatic rings. The van der Waals surface area contributed by atoms with E-state index in [4.69, 9.17) is 0 Å². The number of hydrogen-bond donors (Lipinski definition) is 1. The number of nitrogens with one attached hydrogen (secondary N) is 1. The number of alkyl halides is 2. The summed E-state index contributed by atoms with van der Waals surface area (Å²) in [4.78, 5) is 2.02. The molecule has 1 aliphatic rings. The van der Waals surface area contributed by atoms with Crippen LogP contribution in [0.15, 0.2) is 18.2 Å². The highest BCUT2D eigenvalue weighted by Crippen LogP contribution is 2.30. The van der Waals surface area contributed by atoms with Gasteiger partial charge >= 0.3 is 0 Å². The molecule has 0 radical (unpaired) electrons. The second-order valence-electron chi connectivity index (χ2n) is 4.88. The van der Waals surface area contributed by atoms with Gasteiger partial charge in [-0.15, -0.1) is 0 Å². The minimum Gasteiger partial charge on any atom is -0.314 e. The molecule has 106 valence electrons. The first-order valence-corrected chi connectivity index (χ1v) is 6.57. The van der Waals surface area contributed by atoms with Crippen LogP contribution in [0.4, 0.5) is 13.2 Å². The summed E-state index contributed by atoms with van der Waals surface area (Å²) in [6.45, 7) is 4.66. The van der Waals surface area contributed by atoms with Crippen molar-refractivity contribution in [2.45, 2.75) is 25.8 Å². The molecule has 1 fully saturated rings. The van der Waals surface area contributed by atoms with Crippen LogP contribution < -0.4 is 5.32 Å². The van der Waals surface area contributed by atoms with E-state index >= 15 is 0 Å². The molecule has 1 aromatic carbocycles. The molecule has 0 aliphatic carbocycles. The number of rotatable bonds is 4. The van der Waals surface area contributed by atoms with Crippen LogP contribution >= 0.6 is 0 Å². The molecular formula is C14H19F3N2. The topological polar surface area (TPSA) is 15.3 Å². The van der Waals surface area contributed by atoms with Crippen molar-refractivity contribution < 1.29 is 13.2 Å². The Morgan fingerprint density at radius 3 is 2.58 bits per heavy atom. The van der Waals surface area contributed by atoms with E-state index in [1.807, 2.05) is 4.90 Å². The van der Waals surface area contributed by atoms with Gasteiger partial charge in [0, 0.05) is 38.6 Å². The van der Waals surface area contributed by atoms with E-state index < -0.39 is 12.5 Å². The van der Waals surface area contributed by atoms with Crippen LogP contribution in [-0.4, -0.2) is 37.5 Å². The van der Waals surface area contributed by atoms with Gasteiger partial charge in [0.2, 0.25) is 6.43 Å². The number of hydrogen-bond acceptors (Lipinski definition) is 2. The molecule has 1 N–H and O–H groups in total. The molecule has 1 heterocycles. The Morgan fingerprint density at radius 1 is 1.26 bits per heavy atom. The van der Waals surface area contributed by atoms with Crippen LogP contribution in [0.2, 0.25) is 0 Å². The van der Waals surface area contributed by atoms with E-state index in [0.717, 1.165) is 13.1 Å². The third-order valence-electron chi connectivity index (χ3n) is 3.66. The van der Waals surface area contributed by atoms with Crippen molar-refractivity contribution in [3.63, 3.8) is 0 Å². The first-order valence-electron chi connectivity index (χ1n) is 6.57. The second-order valence-corrected chi connectivity index (χ2v) is 4.88. The third kappa shape index (κ3) is 3.48. The highest BCUT2D eigenvalue weighted by atomic mass is 19.3. The van der Waals surface area contributed by atoms with Gasteiger partial charge in [0.05, 0.1) is 0 Å². The zero-order valence-electron chi connectivity index (χ0n) is 11.0. The monoisotopic (exact) mass is 272 g/mol. The van der Waals surface area contributed by atoms with Crippen molar-refractivity contribution in [2.75, 3.05) is 26.2 Å². The van der Waals surface area contributed by atoms with Gasteiger partial charge < -0.3 is 5.32 Å². The SMILES string of the molecule is Cc1c(F)cccc1[C@H](CC(F)F)N1CCNCC1. The maximum atomic E-state index is 13.6. The van der Waals surface area contributed by atoms with Gasteiger partial charge in [-0.1, -0.05) is 12.1 Å². The Kier molecular flexibility index (Phi) is 4.82. The fourth-order valence-electron chi connectivity index (χ4n) is 2.62. The molecule has 0 bridgehead atoms. The van der Waals surface area contributed by atoms with Crippen molar-refractivity contribution in [1.82, 2.24) is 10.2 Å². The van der Waals surface area contributed by atoms with Crippen molar-refractivity contribution in [2.24, 2.45) is 0 Å². The molecule has 1 atom stereocenters. The van der Waals surface area contributed by atoms with Gasteiger partial charge in [-0.25, -0.2) is 13.2 Å². The Bertz CT molecular complexity index is 417. The Balaban J connectivity index is 2.27.